The Bertz CT molecular complexity index is 847. The van der Waals surface area contributed by atoms with Crippen LogP contribution in [0.15, 0.2) is 18.2 Å². The first-order valence-corrected chi connectivity index (χ1v) is 9.74. The van der Waals surface area contributed by atoms with Gasteiger partial charge in [0.25, 0.3) is 11.8 Å². The standard InChI is InChI=1S/C20H24N4O4/c1-23(11-12-4-3-9-21-10-12)14-6-2-5-13-17(14)20(28)24(19(13)27)15-7-8-16(25)22-18(15)26/h2,5-6,12,15,21H,3-4,7-11H2,1H3,(H,22,25,26). The highest BCUT2D eigenvalue weighted by Gasteiger charge is 2.45. The second-order valence-electron chi connectivity index (χ2n) is 7.74. The minimum absolute atomic E-state index is 0.116. The van der Waals surface area contributed by atoms with Crippen molar-refractivity contribution in [2.24, 2.45) is 5.92 Å². The highest BCUT2D eigenvalue weighted by atomic mass is 16.2. The molecule has 28 heavy (non-hydrogen) atoms. The summed E-state index contributed by atoms with van der Waals surface area (Å²) in [5.41, 5.74) is 1.38. The van der Waals surface area contributed by atoms with Crippen LogP contribution in [-0.2, 0) is 9.59 Å². The van der Waals surface area contributed by atoms with Crippen LogP contribution in [-0.4, -0.2) is 61.3 Å². The van der Waals surface area contributed by atoms with Gasteiger partial charge in [-0.05, 0) is 50.4 Å². The number of benzene rings is 1. The predicted octanol–water partition coefficient (Wildman–Crippen LogP) is 0.524. The van der Waals surface area contributed by atoms with Gasteiger partial charge in [-0.1, -0.05) is 6.07 Å². The van der Waals surface area contributed by atoms with Gasteiger partial charge in [0.2, 0.25) is 11.8 Å². The van der Waals surface area contributed by atoms with Crippen molar-refractivity contribution in [2.75, 3.05) is 31.6 Å². The molecule has 0 spiro atoms. The van der Waals surface area contributed by atoms with Gasteiger partial charge in [0, 0.05) is 20.0 Å². The molecule has 1 aromatic rings. The minimum atomic E-state index is -0.939. The van der Waals surface area contributed by atoms with E-state index in [0.717, 1.165) is 37.4 Å². The monoisotopic (exact) mass is 384 g/mol. The maximum Gasteiger partial charge on any atom is 0.264 e. The molecule has 0 aliphatic carbocycles. The molecule has 2 atom stereocenters. The molecule has 8 heteroatoms. The summed E-state index contributed by atoms with van der Waals surface area (Å²) in [5, 5.41) is 5.61. The van der Waals surface area contributed by atoms with Crippen LogP contribution in [0.3, 0.4) is 0 Å². The molecule has 0 radical (unpaired) electrons. The zero-order valence-electron chi connectivity index (χ0n) is 15.9. The molecule has 0 bridgehead atoms. The minimum Gasteiger partial charge on any atom is -0.374 e. The number of fused-ring (bicyclic) bond motifs is 1. The fourth-order valence-electron chi connectivity index (χ4n) is 4.38. The Kier molecular flexibility index (Phi) is 4.89. The Morgan fingerprint density at radius 1 is 1.14 bits per heavy atom. The summed E-state index contributed by atoms with van der Waals surface area (Å²) in [6.45, 7) is 2.76. The van der Waals surface area contributed by atoms with Crippen LogP contribution in [0, 0.1) is 5.92 Å². The summed E-state index contributed by atoms with van der Waals surface area (Å²) in [4.78, 5) is 52.7. The average Bonchev–Trinajstić information content (AvgIpc) is 2.94. The van der Waals surface area contributed by atoms with Gasteiger partial charge in [-0.25, -0.2) is 0 Å². The highest BCUT2D eigenvalue weighted by molar-refractivity contribution is 6.25. The number of hydrogen-bond donors (Lipinski definition) is 2. The van der Waals surface area contributed by atoms with E-state index in [9.17, 15) is 19.2 Å². The molecular formula is C20H24N4O4. The van der Waals surface area contributed by atoms with Crippen molar-refractivity contribution in [3.05, 3.63) is 29.3 Å². The van der Waals surface area contributed by atoms with Crippen molar-refractivity contribution < 1.29 is 19.2 Å². The molecule has 8 nitrogen and oxygen atoms in total. The van der Waals surface area contributed by atoms with Crippen LogP contribution < -0.4 is 15.5 Å². The zero-order valence-corrected chi connectivity index (χ0v) is 15.9. The molecule has 2 N–H and O–H groups in total. The lowest BCUT2D eigenvalue weighted by atomic mass is 9.98. The Hall–Kier alpha value is -2.74. The molecule has 3 aliphatic heterocycles. The predicted molar refractivity (Wildman–Crippen MR) is 102 cm³/mol. The third-order valence-corrected chi connectivity index (χ3v) is 5.79. The van der Waals surface area contributed by atoms with Gasteiger partial charge in [0.15, 0.2) is 0 Å². The van der Waals surface area contributed by atoms with E-state index in [0.29, 0.717) is 22.7 Å². The number of nitrogens with one attached hydrogen (secondary N) is 2. The topological polar surface area (TPSA) is 98.8 Å². The van der Waals surface area contributed by atoms with E-state index < -0.39 is 23.8 Å². The van der Waals surface area contributed by atoms with Crippen LogP contribution in [0.4, 0.5) is 5.69 Å². The molecule has 3 heterocycles. The maximum absolute atomic E-state index is 13.2. The van der Waals surface area contributed by atoms with E-state index in [2.05, 4.69) is 10.6 Å². The lowest BCUT2D eigenvalue weighted by Crippen LogP contribution is -2.54. The first-order valence-electron chi connectivity index (χ1n) is 9.74. The zero-order chi connectivity index (χ0) is 19.8. The van der Waals surface area contributed by atoms with Crippen LogP contribution >= 0.6 is 0 Å². The quantitative estimate of drug-likeness (QED) is 0.735. The number of carbonyl (C=O) groups excluding carboxylic acids is 4. The average molecular weight is 384 g/mol. The number of rotatable bonds is 4. The van der Waals surface area contributed by atoms with Crippen molar-refractivity contribution in [1.29, 1.82) is 0 Å². The van der Waals surface area contributed by atoms with Crippen molar-refractivity contribution in [1.82, 2.24) is 15.5 Å². The molecule has 148 valence electrons. The van der Waals surface area contributed by atoms with E-state index in [1.165, 1.54) is 0 Å². The smallest absolute Gasteiger partial charge is 0.264 e. The fraction of sp³-hybridized carbons (Fsp3) is 0.500. The van der Waals surface area contributed by atoms with Crippen molar-refractivity contribution >= 4 is 29.3 Å². The van der Waals surface area contributed by atoms with E-state index in [1.54, 1.807) is 12.1 Å². The molecule has 2 saturated heterocycles. The molecule has 4 amide bonds. The van der Waals surface area contributed by atoms with Crippen LogP contribution in [0.2, 0.25) is 0 Å². The Morgan fingerprint density at radius 3 is 2.68 bits per heavy atom. The Balaban J connectivity index is 1.60. The Labute approximate surface area is 163 Å². The maximum atomic E-state index is 13.2. The summed E-state index contributed by atoms with van der Waals surface area (Å²) in [5.74, 6) is -1.41. The number of anilines is 1. The van der Waals surface area contributed by atoms with Gasteiger partial charge in [-0.15, -0.1) is 0 Å². The van der Waals surface area contributed by atoms with Crippen molar-refractivity contribution in [3.8, 4) is 0 Å². The largest absolute Gasteiger partial charge is 0.374 e. The highest BCUT2D eigenvalue weighted by Crippen LogP contribution is 2.34. The summed E-state index contributed by atoms with van der Waals surface area (Å²) < 4.78 is 0. The molecule has 0 aromatic heterocycles. The molecule has 2 fully saturated rings. The molecule has 2 unspecified atom stereocenters. The molecule has 0 saturated carbocycles. The van der Waals surface area contributed by atoms with Gasteiger partial charge >= 0.3 is 0 Å². The molecule has 1 aromatic carbocycles. The number of piperidine rings is 2. The van der Waals surface area contributed by atoms with Gasteiger partial charge in [-0.2, -0.15) is 0 Å². The summed E-state index contributed by atoms with van der Waals surface area (Å²) in [6, 6.07) is 4.30. The van der Waals surface area contributed by atoms with E-state index in [1.807, 2.05) is 18.0 Å². The molecule has 3 aliphatic rings. The molecular weight excluding hydrogens is 360 g/mol. The van der Waals surface area contributed by atoms with Crippen LogP contribution in [0.5, 0.6) is 0 Å². The van der Waals surface area contributed by atoms with E-state index >= 15 is 0 Å². The van der Waals surface area contributed by atoms with Gasteiger partial charge in [-0.3, -0.25) is 29.4 Å². The fourth-order valence-corrected chi connectivity index (χ4v) is 4.38. The second kappa shape index (κ2) is 7.35. The summed E-state index contributed by atoms with van der Waals surface area (Å²) in [7, 11) is 1.93. The van der Waals surface area contributed by atoms with Gasteiger partial charge in [0.05, 0.1) is 16.8 Å². The van der Waals surface area contributed by atoms with Crippen molar-refractivity contribution in [3.63, 3.8) is 0 Å². The van der Waals surface area contributed by atoms with Gasteiger partial charge in [0.1, 0.15) is 6.04 Å². The normalized spacial score (nSPS) is 25.0. The van der Waals surface area contributed by atoms with Crippen LogP contribution in [0.1, 0.15) is 46.4 Å². The Morgan fingerprint density at radius 2 is 1.96 bits per heavy atom. The lowest BCUT2D eigenvalue weighted by Gasteiger charge is -2.30. The second-order valence-corrected chi connectivity index (χ2v) is 7.74. The number of imide groups is 2. The summed E-state index contributed by atoms with van der Waals surface area (Å²) in [6.07, 6.45) is 2.54. The van der Waals surface area contributed by atoms with E-state index in [4.69, 9.17) is 0 Å². The van der Waals surface area contributed by atoms with Gasteiger partial charge < -0.3 is 10.2 Å². The summed E-state index contributed by atoms with van der Waals surface area (Å²) >= 11 is 0. The third-order valence-electron chi connectivity index (χ3n) is 5.79. The molecule has 4 rings (SSSR count). The number of nitrogens with zero attached hydrogens (tertiary/aromatic N) is 2. The van der Waals surface area contributed by atoms with Crippen molar-refractivity contribution in [2.45, 2.75) is 31.7 Å². The number of hydrogen-bond acceptors (Lipinski definition) is 6. The third kappa shape index (κ3) is 3.17. The van der Waals surface area contributed by atoms with E-state index in [-0.39, 0.29) is 18.7 Å². The van der Waals surface area contributed by atoms with Crippen LogP contribution in [0.25, 0.3) is 0 Å². The number of amides is 4. The number of carbonyl (C=O) groups is 4. The lowest BCUT2D eigenvalue weighted by molar-refractivity contribution is -0.136. The first-order chi connectivity index (χ1) is 13.5. The SMILES string of the molecule is CN(CC1CCCNC1)c1cccc2c1C(=O)N(C1CCC(=O)NC1=O)C2=O. The first kappa shape index (κ1) is 18.6.